The predicted octanol–water partition coefficient (Wildman–Crippen LogP) is 5.54. The zero-order chi connectivity index (χ0) is 31.3. The van der Waals surface area contributed by atoms with Crippen molar-refractivity contribution in [3.05, 3.63) is 64.8 Å². The fourth-order valence-electron chi connectivity index (χ4n) is 4.58. The highest BCUT2D eigenvalue weighted by molar-refractivity contribution is 8.01. The Bertz CT molecular complexity index is 1410. The van der Waals surface area contributed by atoms with Gasteiger partial charge in [0.15, 0.2) is 11.4 Å². The number of carbonyl (C=O) groups is 2. The molecule has 0 radical (unpaired) electrons. The van der Waals surface area contributed by atoms with Gasteiger partial charge in [-0.1, -0.05) is 68.1 Å². The van der Waals surface area contributed by atoms with E-state index >= 15 is 0 Å². The molecular formula is C32H43N5O4S2. The molecule has 4 rings (SSSR count). The van der Waals surface area contributed by atoms with Crippen molar-refractivity contribution < 1.29 is 19.4 Å². The first kappa shape index (κ1) is 32.8. The summed E-state index contributed by atoms with van der Waals surface area (Å²) in [6.45, 7) is 15.2. The van der Waals surface area contributed by atoms with E-state index in [1.54, 1.807) is 30.0 Å². The first-order valence-corrected chi connectivity index (χ1v) is 16.1. The number of anilines is 1. The molecule has 232 valence electrons. The summed E-state index contributed by atoms with van der Waals surface area (Å²) in [5.41, 5.74) is 3.58. The number of amides is 2. The van der Waals surface area contributed by atoms with Gasteiger partial charge in [0.1, 0.15) is 5.75 Å². The van der Waals surface area contributed by atoms with Crippen molar-refractivity contribution in [1.29, 1.82) is 0 Å². The number of ether oxygens (including phenoxy) is 1. The molecule has 0 aliphatic carbocycles. The molecule has 1 aliphatic rings. The van der Waals surface area contributed by atoms with Gasteiger partial charge in [0.2, 0.25) is 5.91 Å². The van der Waals surface area contributed by atoms with E-state index in [4.69, 9.17) is 4.74 Å². The van der Waals surface area contributed by atoms with E-state index in [9.17, 15) is 14.7 Å². The van der Waals surface area contributed by atoms with Gasteiger partial charge in [-0.15, -0.1) is 0 Å². The summed E-state index contributed by atoms with van der Waals surface area (Å²) in [7, 11) is 1.57. The summed E-state index contributed by atoms with van der Waals surface area (Å²) in [5.74, 6) is 0.445. The first-order chi connectivity index (χ1) is 20.3. The lowest BCUT2D eigenvalue weighted by Crippen LogP contribution is -2.50. The molecule has 0 spiro atoms. The monoisotopic (exact) mass is 625 g/mol. The van der Waals surface area contributed by atoms with E-state index in [1.807, 2.05) is 43.3 Å². The zero-order valence-electron chi connectivity index (χ0n) is 26.1. The van der Waals surface area contributed by atoms with E-state index in [1.165, 1.54) is 23.1 Å². The number of rotatable bonds is 10. The number of nitrogens with one attached hydrogen (secondary N) is 2. The topological polar surface area (TPSA) is 107 Å². The van der Waals surface area contributed by atoms with E-state index in [0.717, 1.165) is 32.3 Å². The van der Waals surface area contributed by atoms with E-state index in [2.05, 4.69) is 43.3 Å². The number of carbonyl (C=O) groups excluding carboxylic acids is 2. The lowest BCUT2D eigenvalue weighted by atomic mass is 9.88. The van der Waals surface area contributed by atoms with Crippen LogP contribution in [-0.2, 0) is 11.3 Å². The van der Waals surface area contributed by atoms with Crippen LogP contribution in [0, 0.1) is 12.3 Å². The molecule has 2 aromatic carbocycles. The van der Waals surface area contributed by atoms with Crippen LogP contribution in [0.1, 0.15) is 67.9 Å². The van der Waals surface area contributed by atoms with E-state index in [-0.39, 0.29) is 17.2 Å². The summed E-state index contributed by atoms with van der Waals surface area (Å²) in [4.78, 5) is 34.0. The molecule has 2 atom stereocenters. The molecule has 43 heavy (non-hydrogen) atoms. The van der Waals surface area contributed by atoms with Gasteiger partial charge in [0.25, 0.3) is 5.91 Å². The molecule has 2 unspecified atom stereocenters. The van der Waals surface area contributed by atoms with E-state index in [0.29, 0.717) is 48.7 Å². The number of aliphatic hydroxyl groups is 1. The van der Waals surface area contributed by atoms with Gasteiger partial charge in [0.05, 0.1) is 23.1 Å². The summed E-state index contributed by atoms with van der Waals surface area (Å²) >= 11 is 2.96. The Morgan fingerprint density at radius 2 is 1.77 bits per heavy atom. The molecule has 11 heteroatoms. The summed E-state index contributed by atoms with van der Waals surface area (Å²) in [6.07, 6.45) is 0.872. The fourth-order valence-corrected chi connectivity index (χ4v) is 6.54. The Labute approximate surface area is 263 Å². The number of methoxy groups -OCH3 is 1. The molecule has 2 heterocycles. The Morgan fingerprint density at radius 3 is 2.37 bits per heavy atom. The lowest BCUT2D eigenvalue weighted by Gasteiger charge is -2.34. The van der Waals surface area contributed by atoms with Gasteiger partial charge in [-0.05, 0) is 42.5 Å². The highest BCUT2D eigenvalue weighted by atomic mass is 32.2. The normalized spacial score (nSPS) is 15.3. The third-order valence-corrected chi connectivity index (χ3v) is 10.1. The Balaban J connectivity index is 1.39. The number of piperazine rings is 1. The van der Waals surface area contributed by atoms with Crippen molar-refractivity contribution in [1.82, 2.24) is 20.1 Å². The van der Waals surface area contributed by atoms with Crippen molar-refractivity contribution in [3.63, 3.8) is 0 Å². The average molecular weight is 626 g/mol. The predicted molar refractivity (Wildman–Crippen MR) is 173 cm³/mol. The van der Waals surface area contributed by atoms with Crippen LogP contribution in [0.5, 0.6) is 5.75 Å². The molecule has 3 aromatic rings. The number of hydrogen-bond donors (Lipinski definition) is 3. The number of aryl methyl sites for hydroxylation is 1. The highest BCUT2D eigenvalue weighted by Crippen LogP contribution is 2.39. The van der Waals surface area contributed by atoms with Gasteiger partial charge >= 0.3 is 0 Å². The molecule has 0 bridgehead atoms. The number of nitrogens with zero attached hydrogens (tertiary/aromatic N) is 3. The van der Waals surface area contributed by atoms with E-state index < -0.39 is 6.23 Å². The minimum absolute atomic E-state index is 0.0249. The van der Waals surface area contributed by atoms with Crippen LogP contribution in [0.15, 0.2) is 51.7 Å². The van der Waals surface area contributed by atoms with Crippen LogP contribution in [0.2, 0.25) is 0 Å². The second-order valence-electron chi connectivity index (χ2n) is 12.0. The summed E-state index contributed by atoms with van der Waals surface area (Å²) in [5, 5.41) is 18.1. The minimum atomic E-state index is -0.894. The second kappa shape index (κ2) is 14.1. The molecule has 1 saturated heterocycles. The second-order valence-corrected chi connectivity index (χ2v) is 14.3. The molecule has 1 aromatic heterocycles. The molecule has 0 saturated carbocycles. The van der Waals surface area contributed by atoms with Gasteiger partial charge in [0, 0.05) is 56.1 Å². The maximum atomic E-state index is 13.4. The molecule has 3 N–H and O–H groups in total. The molecular weight excluding hydrogens is 583 g/mol. The third kappa shape index (κ3) is 8.50. The molecule has 1 aliphatic heterocycles. The van der Waals surface area contributed by atoms with Crippen LogP contribution in [-0.4, -0.2) is 71.0 Å². The minimum Gasteiger partial charge on any atom is -0.496 e. The lowest BCUT2D eigenvalue weighted by molar-refractivity contribution is -0.130. The van der Waals surface area contributed by atoms with Gasteiger partial charge in [-0.25, -0.2) is 4.98 Å². The smallest absolute Gasteiger partial charge is 0.257 e. The largest absolute Gasteiger partial charge is 0.496 e. The van der Waals surface area contributed by atoms with Gasteiger partial charge < -0.3 is 30.3 Å². The van der Waals surface area contributed by atoms with Crippen molar-refractivity contribution in [2.24, 2.45) is 5.41 Å². The van der Waals surface area contributed by atoms with Crippen molar-refractivity contribution in [2.75, 3.05) is 38.6 Å². The maximum absolute atomic E-state index is 13.4. The number of thiazole rings is 1. The van der Waals surface area contributed by atoms with Gasteiger partial charge in [-0.2, -0.15) is 0 Å². The Hall–Kier alpha value is -3.12. The summed E-state index contributed by atoms with van der Waals surface area (Å²) in [6, 6.07) is 12.0. The van der Waals surface area contributed by atoms with Crippen molar-refractivity contribution in [3.8, 4) is 5.75 Å². The van der Waals surface area contributed by atoms with Gasteiger partial charge in [-0.3, -0.25) is 9.59 Å². The Kier molecular flexibility index (Phi) is 10.8. The molecule has 9 nitrogen and oxygen atoms in total. The van der Waals surface area contributed by atoms with Crippen LogP contribution in [0.25, 0.3) is 0 Å². The Morgan fingerprint density at radius 1 is 1.12 bits per heavy atom. The zero-order valence-corrected chi connectivity index (χ0v) is 27.7. The van der Waals surface area contributed by atoms with Crippen LogP contribution in [0.3, 0.4) is 0 Å². The first-order valence-electron chi connectivity index (χ1n) is 14.5. The average Bonchev–Trinajstić information content (AvgIpc) is 3.42. The van der Waals surface area contributed by atoms with Crippen LogP contribution < -0.4 is 15.4 Å². The quantitative estimate of drug-likeness (QED) is 0.252. The van der Waals surface area contributed by atoms with Crippen LogP contribution >= 0.6 is 23.1 Å². The molecule has 2 amide bonds. The SMILES string of the molecule is COc1cc(C)c(Sc2cnc(NC(O)c3ccc(CNC(C)C(C)(C)C)cc3)s2)cc1C(=O)N1CCN(C(C)=O)CC1. The number of aliphatic hydroxyl groups excluding tert-OH is 1. The fraction of sp³-hybridized carbons (Fsp3) is 0.469. The number of benzene rings is 2. The third-order valence-electron chi connectivity index (χ3n) is 7.90. The number of aromatic nitrogens is 1. The highest BCUT2D eigenvalue weighted by Gasteiger charge is 2.26. The van der Waals surface area contributed by atoms with Crippen molar-refractivity contribution in [2.45, 2.75) is 69.5 Å². The standard InChI is InChI=1S/C32H43N5O4S2/c1-20-16-26(41-7)25(30(40)37-14-12-36(13-15-37)22(3)38)17-27(20)42-28-19-34-31(43-28)35-29(39)24-10-8-23(9-11-24)18-33-21(2)32(4,5)6/h8-11,16-17,19,21,29,33,39H,12-15,18H2,1-7H3,(H,34,35). The maximum Gasteiger partial charge on any atom is 0.257 e. The van der Waals surface area contributed by atoms with Crippen molar-refractivity contribution >= 4 is 40.0 Å². The van der Waals surface area contributed by atoms with Crippen LogP contribution in [0.4, 0.5) is 5.13 Å². The summed E-state index contributed by atoms with van der Waals surface area (Å²) < 4.78 is 6.49. The molecule has 1 fully saturated rings. The number of hydrogen-bond acceptors (Lipinski definition) is 9.